The second-order valence-electron chi connectivity index (χ2n) is 5.79. The van der Waals surface area contributed by atoms with Crippen LogP contribution in [0.5, 0.6) is 0 Å². The zero-order valence-electron chi connectivity index (χ0n) is 14.2. The average Bonchev–Trinajstić information content (AvgIpc) is 2.48. The van der Waals surface area contributed by atoms with Gasteiger partial charge in [0.15, 0.2) is 0 Å². The summed E-state index contributed by atoms with van der Waals surface area (Å²) in [5, 5.41) is 4.30. The molecule has 3 heteroatoms. The minimum Gasteiger partial charge on any atom is -0.368 e. The smallest absolute Gasteiger partial charge is 0.0642 e. The number of halogens is 1. The van der Waals surface area contributed by atoms with Crippen LogP contribution in [0.4, 0.5) is 5.69 Å². The van der Waals surface area contributed by atoms with E-state index in [2.05, 4.69) is 63.0 Å². The summed E-state index contributed by atoms with van der Waals surface area (Å²) < 4.78 is 0. The Hall–Kier alpha value is -0.730. The summed E-state index contributed by atoms with van der Waals surface area (Å²) in [6.07, 6.45) is 3.55. The normalized spacial score (nSPS) is 14.0. The lowest BCUT2D eigenvalue weighted by atomic mass is 10.1. The molecular weight excluding hydrogens is 280 g/mol. The fourth-order valence-electron chi connectivity index (χ4n) is 2.58. The van der Waals surface area contributed by atoms with Crippen molar-refractivity contribution in [1.82, 2.24) is 5.32 Å². The van der Waals surface area contributed by atoms with Crippen LogP contribution in [0.25, 0.3) is 0 Å². The molecule has 1 rings (SSSR count). The van der Waals surface area contributed by atoms with Crippen molar-refractivity contribution in [3.05, 3.63) is 28.8 Å². The first-order valence-electron chi connectivity index (χ1n) is 8.34. The molecule has 21 heavy (non-hydrogen) atoms. The lowest BCUT2D eigenvalue weighted by molar-refractivity contribution is 0.591. The molecule has 120 valence electrons. The first-order valence-corrected chi connectivity index (χ1v) is 8.72. The molecule has 0 amide bonds. The topological polar surface area (TPSA) is 15.3 Å². The lowest BCUT2D eigenvalue weighted by Crippen LogP contribution is -2.33. The lowest BCUT2D eigenvalue weighted by Gasteiger charge is -2.32. The summed E-state index contributed by atoms with van der Waals surface area (Å²) in [4.78, 5) is 2.45. The molecular formula is C18H31ClN2. The Morgan fingerprint density at radius 2 is 1.90 bits per heavy atom. The van der Waals surface area contributed by atoms with Crippen molar-refractivity contribution in [2.24, 2.45) is 0 Å². The van der Waals surface area contributed by atoms with E-state index in [4.69, 9.17) is 11.6 Å². The highest BCUT2D eigenvalue weighted by Crippen LogP contribution is 2.31. The molecule has 2 atom stereocenters. The number of rotatable bonds is 9. The molecule has 1 aromatic rings. The largest absolute Gasteiger partial charge is 0.368 e. The summed E-state index contributed by atoms with van der Waals surface area (Å²) in [5.41, 5.74) is 2.43. The summed E-state index contributed by atoms with van der Waals surface area (Å²) in [6, 6.07) is 7.37. The quantitative estimate of drug-likeness (QED) is 0.655. The molecule has 1 aromatic carbocycles. The number of nitrogens with one attached hydrogen (secondary N) is 1. The molecule has 0 spiro atoms. The molecule has 0 bridgehead atoms. The van der Waals surface area contributed by atoms with Crippen molar-refractivity contribution < 1.29 is 0 Å². The van der Waals surface area contributed by atoms with Crippen LogP contribution in [-0.4, -0.2) is 19.1 Å². The number of anilines is 1. The monoisotopic (exact) mass is 310 g/mol. The van der Waals surface area contributed by atoms with E-state index in [1.54, 1.807) is 0 Å². The first-order chi connectivity index (χ1) is 10.0. The van der Waals surface area contributed by atoms with Gasteiger partial charge in [0, 0.05) is 18.6 Å². The first kappa shape index (κ1) is 18.3. The van der Waals surface area contributed by atoms with Gasteiger partial charge >= 0.3 is 0 Å². The maximum Gasteiger partial charge on any atom is 0.0642 e. The van der Waals surface area contributed by atoms with E-state index < -0.39 is 0 Å². The van der Waals surface area contributed by atoms with E-state index in [-0.39, 0.29) is 0 Å². The van der Waals surface area contributed by atoms with Crippen molar-refractivity contribution in [2.75, 3.05) is 18.0 Å². The van der Waals surface area contributed by atoms with Crippen molar-refractivity contribution in [3.63, 3.8) is 0 Å². The summed E-state index contributed by atoms with van der Waals surface area (Å²) in [6.45, 7) is 13.1. The van der Waals surface area contributed by atoms with Gasteiger partial charge in [0.25, 0.3) is 0 Å². The van der Waals surface area contributed by atoms with Crippen molar-refractivity contribution in [1.29, 1.82) is 0 Å². The maximum absolute atomic E-state index is 6.58. The Labute approximate surface area is 135 Å². The minimum absolute atomic E-state index is 0.342. The van der Waals surface area contributed by atoms with E-state index in [1.165, 1.54) is 24.1 Å². The van der Waals surface area contributed by atoms with Crippen molar-refractivity contribution >= 4 is 17.3 Å². The molecule has 0 saturated carbocycles. The summed E-state index contributed by atoms with van der Waals surface area (Å²) >= 11 is 6.58. The Balaban J connectivity index is 2.98. The molecule has 0 saturated heterocycles. The van der Waals surface area contributed by atoms with Crippen LogP contribution < -0.4 is 10.2 Å². The molecule has 0 aliphatic heterocycles. The second-order valence-corrected chi connectivity index (χ2v) is 6.20. The van der Waals surface area contributed by atoms with Gasteiger partial charge in [-0.05, 0) is 50.9 Å². The predicted octanol–water partition coefficient (Wildman–Crippen LogP) is 5.42. The highest BCUT2D eigenvalue weighted by atomic mass is 35.5. The SMILES string of the molecule is CCCCN(c1ccc(C(C)NCC)cc1Cl)C(C)CC. The third kappa shape index (κ3) is 5.19. The fraction of sp³-hybridized carbons (Fsp3) is 0.667. The molecule has 0 aromatic heterocycles. The van der Waals surface area contributed by atoms with Gasteiger partial charge in [-0.15, -0.1) is 0 Å². The molecule has 2 nitrogen and oxygen atoms in total. The average molecular weight is 311 g/mol. The Morgan fingerprint density at radius 1 is 1.19 bits per heavy atom. The maximum atomic E-state index is 6.58. The van der Waals surface area contributed by atoms with Crippen LogP contribution in [-0.2, 0) is 0 Å². The third-order valence-corrected chi connectivity index (χ3v) is 4.47. The predicted molar refractivity (Wildman–Crippen MR) is 95.6 cm³/mol. The molecule has 2 unspecified atom stereocenters. The second kappa shape index (κ2) is 9.32. The number of hydrogen-bond donors (Lipinski definition) is 1. The van der Waals surface area contributed by atoms with Crippen LogP contribution in [0.1, 0.15) is 65.5 Å². The van der Waals surface area contributed by atoms with Crippen LogP contribution in [0, 0.1) is 0 Å². The van der Waals surface area contributed by atoms with E-state index in [9.17, 15) is 0 Å². The number of hydrogen-bond acceptors (Lipinski definition) is 2. The van der Waals surface area contributed by atoms with Gasteiger partial charge < -0.3 is 10.2 Å². The van der Waals surface area contributed by atoms with Gasteiger partial charge in [-0.1, -0.05) is 44.9 Å². The van der Waals surface area contributed by atoms with Gasteiger partial charge in [0.1, 0.15) is 0 Å². The number of unbranched alkanes of at least 4 members (excludes halogenated alkanes) is 1. The molecule has 0 fully saturated rings. The van der Waals surface area contributed by atoms with Gasteiger partial charge in [0.2, 0.25) is 0 Å². The Bertz CT molecular complexity index is 420. The molecule has 0 aliphatic carbocycles. The highest BCUT2D eigenvalue weighted by Gasteiger charge is 2.16. The number of nitrogens with zero attached hydrogens (tertiary/aromatic N) is 1. The zero-order chi connectivity index (χ0) is 15.8. The van der Waals surface area contributed by atoms with E-state index in [1.807, 2.05) is 0 Å². The zero-order valence-corrected chi connectivity index (χ0v) is 15.0. The van der Waals surface area contributed by atoms with Crippen LogP contribution in [0.15, 0.2) is 18.2 Å². The van der Waals surface area contributed by atoms with Crippen molar-refractivity contribution in [3.8, 4) is 0 Å². The molecule has 1 N–H and O–H groups in total. The molecule has 0 radical (unpaired) electrons. The number of benzene rings is 1. The summed E-state index contributed by atoms with van der Waals surface area (Å²) in [5.74, 6) is 0. The third-order valence-electron chi connectivity index (χ3n) is 4.17. The van der Waals surface area contributed by atoms with Gasteiger partial charge in [-0.25, -0.2) is 0 Å². The Morgan fingerprint density at radius 3 is 2.43 bits per heavy atom. The van der Waals surface area contributed by atoms with Gasteiger partial charge in [0.05, 0.1) is 10.7 Å². The summed E-state index contributed by atoms with van der Waals surface area (Å²) in [7, 11) is 0. The van der Waals surface area contributed by atoms with E-state index >= 15 is 0 Å². The van der Waals surface area contributed by atoms with Gasteiger partial charge in [-0.2, -0.15) is 0 Å². The minimum atomic E-state index is 0.342. The standard InChI is InChI=1S/C18H31ClN2/c1-6-9-12-21(14(4)7-2)18-11-10-16(13-17(18)19)15(5)20-8-3/h10-11,13-15,20H,6-9,12H2,1-5H3. The van der Waals surface area contributed by atoms with Crippen LogP contribution >= 0.6 is 11.6 Å². The van der Waals surface area contributed by atoms with Crippen LogP contribution in [0.3, 0.4) is 0 Å². The molecule has 0 aliphatic rings. The Kier molecular flexibility index (Phi) is 8.13. The van der Waals surface area contributed by atoms with Crippen molar-refractivity contribution in [2.45, 2.75) is 66.0 Å². The fourth-order valence-corrected chi connectivity index (χ4v) is 2.87. The van der Waals surface area contributed by atoms with Crippen LogP contribution in [0.2, 0.25) is 5.02 Å². The highest BCUT2D eigenvalue weighted by molar-refractivity contribution is 6.33. The van der Waals surface area contributed by atoms with E-state index in [0.29, 0.717) is 12.1 Å². The van der Waals surface area contributed by atoms with E-state index in [0.717, 1.165) is 24.5 Å². The molecule has 0 heterocycles. The van der Waals surface area contributed by atoms with Gasteiger partial charge in [-0.3, -0.25) is 0 Å².